The average molecular weight is 368 g/mol. The monoisotopic (exact) mass is 368 g/mol. The highest BCUT2D eigenvalue weighted by Crippen LogP contribution is 2.38. The van der Waals surface area contributed by atoms with Gasteiger partial charge in [0.05, 0.1) is 13.1 Å². The molecule has 0 saturated carbocycles. The van der Waals surface area contributed by atoms with Crippen molar-refractivity contribution in [3.05, 3.63) is 0 Å². The van der Waals surface area contributed by atoms with Gasteiger partial charge in [-0.2, -0.15) is 0 Å². The van der Waals surface area contributed by atoms with E-state index in [0.29, 0.717) is 13.0 Å². The summed E-state index contributed by atoms with van der Waals surface area (Å²) in [4.78, 5) is 61.8. The van der Waals surface area contributed by atoms with E-state index < -0.39 is 35.5 Å². The number of ether oxygens (including phenoxy) is 1. The molecule has 2 saturated heterocycles. The number of nitrogens with two attached hydrogens (primary N) is 1. The molecule has 2 aliphatic rings. The lowest BCUT2D eigenvalue weighted by atomic mass is 9.85. The highest BCUT2D eigenvalue weighted by atomic mass is 16.5. The highest BCUT2D eigenvalue weighted by molar-refractivity contribution is 5.99. The van der Waals surface area contributed by atoms with Crippen LogP contribution in [0.15, 0.2) is 0 Å². The first-order chi connectivity index (χ1) is 12.1. The molecule has 2 fully saturated rings. The van der Waals surface area contributed by atoms with Crippen LogP contribution in [0.1, 0.15) is 33.6 Å². The van der Waals surface area contributed by atoms with Crippen LogP contribution >= 0.6 is 0 Å². The van der Waals surface area contributed by atoms with Crippen molar-refractivity contribution in [1.29, 1.82) is 0 Å². The fourth-order valence-corrected chi connectivity index (χ4v) is 3.65. The molecule has 10 heteroatoms. The Morgan fingerprint density at radius 3 is 2.46 bits per heavy atom. The van der Waals surface area contributed by atoms with Crippen molar-refractivity contribution in [3.63, 3.8) is 0 Å². The lowest BCUT2D eigenvalue weighted by molar-refractivity contribution is -0.168. The molecule has 3 atom stereocenters. The fraction of sp³-hybridized carbons (Fsp3) is 0.688. The zero-order chi connectivity index (χ0) is 19.6. The normalized spacial score (nSPS) is 24.0. The Morgan fingerprint density at radius 2 is 1.96 bits per heavy atom. The number of amides is 4. The van der Waals surface area contributed by atoms with Gasteiger partial charge in [-0.05, 0) is 19.8 Å². The number of nitrogens with zero attached hydrogens (tertiary/aromatic N) is 2. The van der Waals surface area contributed by atoms with Crippen LogP contribution in [0.25, 0.3) is 0 Å². The minimum atomic E-state index is -1.20. The van der Waals surface area contributed by atoms with Gasteiger partial charge in [0.25, 0.3) is 5.91 Å². The molecule has 0 aromatic heterocycles. The summed E-state index contributed by atoms with van der Waals surface area (Å²) >= 11 is 0. The molecule has 0 aromatic rings. The number of hydrogen-bond donors (Lipinski definition) is 2. The maximum atomic E-state index is 12.5. The molecule has 0 radical (unpaired) electrons. The average Bonchev–Trinajstić information content (AvgIpc) is 2.97. The van der Waals surface area contributed by atoms with E-state index in [1.807, 2.05) is 0 Å². The molecular weight excluding hydrogens is 344 g/mol. The largest absolute Gasteiger partial charge is 0.460 e. The molecule has 10 nitrogen and oxygen atoms in total. The molecular formula is C16H24N4O6. The third-order valence-corrected chi connectivity index (χ3v) is 4.79. The number of nitrogens with one attached hydrogen (secondary N) is 1. The third kappa shape index (κ3) is 3.63. The lowest BCUT2D eigenvalue weighted by Gasteiger charge is -2.50. The van der Waals surface area contributed by atoms with E-state index in [0.717, 1.165) is 6.42 Å². The Balaban J connectivity index is 1.94. The molecule has 3 unspecified atom stereocenters. The van der Waals surface area contributed by atoms with Crippen molar-refractivity contribution < 1.29 is 28.7 Å². The lowest BCUT2D eigenvalue weighted by Crippen LogP contribution is -2.73. The first-order valence-corrected chi connectivity index (χ1v) is 8.42. The summed E-state index contributed by atoms with van der Waals surface area (Å²) in [5.74, 6) is -2.49. The minimum Gasteiger partial charge on any atom is -0.460 e. The molecule has 2 aliphatic heterocycles. The number of carbonyl (C=O) groups is 5. The molecule has 3 N–H and O–H groups in total. The van der Waals surface area contributed by atoms with E-state index in [2.05, 4.69) is 5.32 Å². The van der Waals surface area contributed by atoms with Crippen molar-refractivity contribution in [2.24, 2.45) is 5.73 Å². The zero-order valence-electron chi connectivity index (χ0n) is 15.1. The molecule has 26 heavy (non-hydrogen) atoms. The molecule has 144 valence electrons. The maximum Gasteiger partial charge on any atom is 0.302 e. The standard InChI is InChI=1S/C16H24N4O6/c1-9(26-11(3)22)13(14(17)24)18-12(23)7-19-8-16(15(19)25)5-4-6-20(16)10(2)21/h9,13H,4-8H2,1-3H3,(H2,17,24)(H,18,23). The number of β-lactam (4-membered cyclic amide) rings is 1. The van der Waals surface area contributed by atoms with Crippen LogP contribution in [0.4, 0.5) is 0 Å². The van der Waals surface area contributed by atoms with Crippen LogP contribution in [0.5, 0.6) is 0 Å². The van der Waals surface area contributed by atoms with Gasteiger partial charge < -0.3 is 25.6 Å². The van der Waals surface area contributed by atoms with Crippen LogP contribution < -0.4 is 11.1 Å². The Kier molecular flexibility index (Phi) is 5.53. The van der Waals surface area contributed by atoms with Crippen LogP contribution in [-0.2, 0) is 28.7 Å². The fourth-order valence-electron chi connectivity index (χ4n) is 3.65. The Bertz CT molecular complexity index is 651. The van der Waals surface area contributed by atoms with Crippen molar-refractivity contribution in [2.45, 2.75) is 51.3 Å². The number of primary amides is 1. The van der Waals surface area contributed by atoms with Gasteiger partial charge in [-0.3, -0.25) is 24.0 Å². The van der Waals surface area contributed by atoms with Crippen LogP contribution in [-0.4, -0.2) is 76.7 Å². The second-order valence-corrected chi connectivity index (χ2v) is 6.73. The van der Waals surface area contributed by atoms with Gasteiger partial charge >= 0.3 is 5.97 Å². The number of carbonyl (C=O) groups excluding carboxylic acids is 5. The molecule has 0 bridgehead atoms. The summed E-state index contributed by atoms with van der Waals surface area (Å²) in [6.07, 6.45) is 0.391. The van der Waals surface area contributed by atoms with Crippen molar-refractivity contribution in [1.82, 2.24) is 15.1 Å². The summed E-state index contributed by atoms with van der Waals surface area (Å²) in [6, 6.07) is -1.20. The van der Waals surface area contributed by atoms with E-state index >= 15 is 0 Å². The molecule has 2 rings (SSSR count). The van der Waals surface area contributed by atoms with E-state index in [1.54, 1.807) is 4.90 Å². The van der Waals surface area contributed by atoms with E-state index in [9.17, 15) is 24.0 Å². The number of rotatable bonds is 6. The number of likely N-dealkylation sites (tertiary alicyclic amines) is 2. The topological polar surface area (TPSA) is 139 Å². The smallest absolute Gasteiger partial charge is 0.302 e. The van der Waals surface area contributed by atoms with Gasteiger partial charge in [-0.1, -0.05) is 0 Å². The van der Waals surface area contributed by atoms with Crippen LogP contribution in [0, 0.1) is 0 Å². The third-order valence-electron chi connectivity index (χ3n) is 4.79. The quantitative estimate of drug-likeness (QED) is 0.416. The SMILES string of the molecule is CC(=O)OC(C)C(NC(=O)CN1CC2(CCCN2C(C)=O)C1=O)C(N)=O. The summed E-state index contributed by atoms with van der Waals surface area (Å²) in [7, 11) is 0. The molecule has 1 spiro atoms. The Labute approximate surface area is 151 Å². The first kappa shape index (κ1) is 19.7. The predicted octanol–water partition coefficient (Wildman–Crippen LogP) is -1.87. The number of hydrogen-bond acceptors (Lipinski definition) is 6. The van der Waals surface area contributed by atoms with Gasteiger partial charge in [0.2, 0.25) is 17.7 Å². The van der Waals surface area contributed by atoms with Crippen LogP contribution in [0.2, 0.25) is 0 Å². The summed E-state index contributed by atoms with van der Waals surface area (Å²) in [5, 5.41) is 2.39. The zero-order valence-corrected chi connectivity index (χ0v) is 15.1. The van der Waals surface area contributed by atoms with Crippen molar-refractivity contribution in [3.8, 4) is 0 Å². The van der Waals surface area contributed by atoms with Gasteiger partial charge in [-0.25, -0.2) is 0 Å². The molecule has 2 heterocycles. The molecule has 0 aliphatic carbocycles. The summed E-state index contributed by atoms with van der Waals surface area (Å²) < 4.78 is 4.88. The molecule has 0 aromatic carbocycles. The first-order valence-electron chi connectivity index (χ1n) is 8.42. The molecule has 4 amide bonds. The second-order valence-electron chi connectivity index (χ2n) is 6.73. The van der Waals surface area contributed by atoms with Gasteiger partial charge in [0.15, 0.2) is 0 Å². The van der Waals surface area contributed by atoms with Gasteiger partial charge in [0, 0.05) is 20.4 Å². The van der Waals surface area contributed by atoms with Crippen LogP contribution in [0.3, 0.4) is 0 Å². The highest BCUT2D eigenvalue weighted by Gasteiger charge is 2.59. The summed E-state index contributed by atoms with van der Waals surface area (Å²) in [5.41, 5.74) is 4.41. The summed E-state index contributed by atoms with van der Waals surface area (Å²) in [6.45, 7) is 4.58. The Hall–Kier alpha value is -2.65. The second kappa shape index (κ2) is 7.30. The Morgan fingerprint density at radius 1 is 1.31 bits per heavy atom. The van der Waals surface area contributed by atoms with E-state index in [1.165, 1.54) is 25.7 Å². The van der Waals surface area contributed by atoms with Crippen molar-refractivity contribution in [2.75, 3.05) is 19.6 Å². The van der Waals surface area contributed by atoms with Crippen molar-refractivity contribution >= 4 is 29.6 Å². The number of esters is 1. The predicted molar refractivity (Wildman–Crippen MR) is 88.3 cm³/mol. The minimum absolute atomic E-state index is 0.163. The van der Waals surface area contributed by atoms with Gasteiger partial charge in [0.1, 0.15) is 17.7 Å². The van der Waals surface area contributed by atoms with Gasteiger partial charge in [-0.15, -0.1) is 0 Å². The van der Waals surface area contributed by atoms with E-state index in [-0.39, 0.29) is 24.9 Å². The van der Waals surface area contributed by atoms with E-state index in [4.69, 9.17) is 10.5 Å². The maximum absolute atomic E-state index is 12.5.